The molecule has 2 N–H and O–H groups in total. The second-order valence-electron chi connectivity index (χ2n) is 4.01. The number of anilines is 1. The van der Waals surface area contributed by atoms with E-state index in [0.29, 0.717) is 22.3 Å². The van der Waals surface area contributed by atoms with Gasteiger partial charge >= 0.3 is 0 Å². The van der Waals surface area contributed by atoms with Crippen LogP contribution in [0.2, 0.25) is 0 Å². The summed E-state index contributed by atoms with van der Waals surface area (Å²) in [6.45, 7) is 0.825. The lowest BCUT2D eigenvalue weighted by atomic mass is 10.2. The molecule has 0 aromatic heterocycles. The van der Waals surface area contributed by atoms with Gasteiger partial charge in [0.1, 0.15) is 0 Å². The lowest BCUT2D eigenvalue weighted by Gasteiger charge is -2.13. The Morgan fingerprint density at radius 2 is 2.22 bits per heavy atom. The summed E-state index contributed by atoms with van der Waals surface area (Å²) < 4.78 is 24.8. The Hall–Kier alpha value is -1.14. The first kappa shape index (κ1) is 13.3. The number of rotatable bonds is 4. The lowest BCUT2D eigenvalue weighted by molar-refractivity contribution is -0.117. The van der Waals surface area contributed by atoms with Crippen molar-refractivity contribution in [2.24, 2.45) is 0 Å². The molecular weight excluding hydrogens is 258 g/mol. The summed E-state index contributed by atoms with van der Waals surface area (Å²) in [5.74, 6) is -2.65. The van der Waals surface area contributed by atoms with Crippen molar-refractivity contribution < 1.29 is 13.6 Å². The number of benzene rings is 1. The molecule has 1 aromatic rings. The monoisotopic (exact) mass is 272 g/mol. The van der Waals surface area contributed by atoms with Gasteiger partial charge in [0.15, 0.2) is 0 Å². The zero-order valence-corrected chi connectivity index (χ0v) is 10.5. The third kappa shape index (κ3) is 3.43. The van der Waals surface area contributed by atoms with Crippen LogP contribution in [0.15, 0.2) is 29.2 Å². The summed E-state index contributed by atoms with van der Waals surface area (Å²) >= 11 is 0.441. The van der Waals surface area contributed by atoms with Crippen molar-refractivity contribution in [2.45, 2.75) is 29.5 Å². The van der Waals surface area contributed by atoms with Gasteiger partial charge in [-0.2, -0.15) is 8.78 Å². The fraction of sp³-hybridized carbons (Fsp3) is 0.417. The predicted octanol–water partition coefficient (Wildman–Crippen LogP) is 2.69. The number of hydrogen-bond acceptors (Lipinski definition) is 3. The number of halogens is 2. The molecule has 0 bridgehead atoms. The van der Waals surface area contributed by atoms with E-state index in [-0.39, 0.29) is 11.9 Å². The summed E-state index contributed by atoms with van der Waals surface area (Å²) in [7, 11) is 0. The van der Waals surface area contributed by atoms with Crippen LogP contribution >= 0.6 is 11.8 Å². The first-order valence-electron chi connectivity index (χ1n) is 5.75. The topological polar surface area (TPSA) is 41.1 Å². The van der Waals surface area contributed by atoms with Gasteiger partial charge in [-0.1, -0.05) is 23.9 Å². The maximum Gasteiger partial charge on any atom is 0.288 e. The van der Waals surface area contributed by atoms with Crippen molar-refractivity contribution in [3.8, 4) is 0 Å². The minimum atomic E-state index is -2.49. The largest absolute Gasteiger partial charge is 0.324 e. The smallest absolute Gasteiger partial charge is 0.288 e. The van der Waals surface area contributed by atoms with Crippen molar-refractivity contribution in [1.29, 1.82) is 0 Å². The van der Waals surface area contributed by atoms with Crippen molar-refractivity contribution in [3.63, 3.8) is 0 Å². The Balaban J connectivity index is 2.05. The molecule has 1 unspecified atom stereocenters. The summed E-state index contributed by atoms with van der Waals surface area (Å²) in [5.41, 5.74) is 0.446. The molecule has 1 aromatic carbocycles. The van der Waals surface area contributed by atoms with Gasteiger partial charge in [0.05, 0.1) is 11.7 Å². The molecule has 0 saturated carbocycles. The van der Waals surface area contributed by atoms with Gasteiger partial charge in [-0.25, -0.2) is 0 Å². The second kappa shape index (κ2) is 6.15. The Morgan fingerprint density at radius 1 is 1.44 bits per heavy atom. The zero-order valence-electron chi connectivity index (χ0n) is 9.66. The third-order valence-corrected chi connectivity index (χ3v) is 3.53. The van der Waals surface area contributed by atoms with E-state index in [0.717, 1.165) is 19.4 Å². The third-order valence-electron chi connectivity index (χ3n) is 2.74. The van der Waals surface area contributed by atoms with Crippen LogP contribution in [-0.4, -0.2) is 24.3 Å². The molecule has 1 aliphatic rings. The molecule has 1 fully saturated rings. The van der Waals surface area contributed by atoms with E-state index in [1.54, 1.807) is 24.3 Å². The molecule has 18 heavy (non-hydrogen) atoms. The van der Waals surface area contributed by atoms with E-state index < -0.39 is 5.76 Å². The Morgan fingerprint density at radius 3 is 2.89 bits per heavy atom. The molecule has 0 aliphatic carbocycles. The SMILES string of the molecule is O=C(Nc1ccccc1SC(F)F)C1CCCN1. The Kier molecular flexibility index (Phi) is 4.54. The van der Waals surface area contributed by atoms with Crippen molar-refractivity contribution in [3.05, 3.63) is 24.3 Å². The normalized spacial score (nSPS) is 19.2. The van der Waals surface area contributed by atoms with Crippen molar-refractivity contribution in [1.82, 2.24) is 5.32 Å². The van der Waals surface area contributed by atoms with Gasteiger partial charge in [0.25, 0.3) is 5.76 Å². The van der Waals surface area contributed by atoms with Gasteiger partial charge in [-0.15, -0.1) is 0 Å². The number of hydrogen-bond donors (Lipinski definition) is 2. The molecule has 0 spiro atoms. The summed E-state index contributed by atoms with van der Waals surface area (Å²) in [5, 5.41) is 5.77. The van der Waals surface area contributed by atoms with E-state index in [1.807, 2.05) is 0 Å². The zero-order chi connectivity index (χ0) is 13.0. The fourth-order valence-electron chi connectivity index (χ4n) is 1.90. The van der Waals surface area contributed by atoms with E-state index >= 15 is 0 Å². The van der Waals surface area contributed by atoms with Gasteiger partial charge in [-0.05, 0) is 31.5 Å². The Bertz CT molecular complexity index is 422. The average molecular weight is 272 g/mol. The van der Waals surface area contributed by atoms with Gasteiger partial charge in [0.2, 0.25) is 5.91 Å². The molecule has 2 rings (SSSR count). The van der Waals surface area contributed by atoms with Crippen LogP contribution in [0.4, 0.5) is 14.5 Å². The summed E-state index contributed by atoms with van der Waals surface area (Å²) in [4.78, 5) is 12.3. The van der Waals surface area contributed by atoms with E-state index in [9.17, 15) is 13.6 Å². The van der Waals surface area contributed by atoms with E-state index in [4.69, 9.17) is 0 Å². The van der Waals surface area contributed by atoms with E-state index in [1.165, 1.54) is 0 Å². The van der Waals surface area contributed by atoms with Crippen LogP contribution in [-0.2, 0) is 4.79 Å². The van der Waals surface area contributed by atoms with Crippen LogP contribution < -0.4 is 10.6 Å². The molecule has 1 atom stereocenters. The number of para-hydroxylation sites is 1. The molecular formula is C12H14F2N2OS. The molecule has 98 valence electrons. The van der Waals surface area contributed by atoms with Crippen LogP contribution in [0.5, 0.6) is 0 Å². The second-order valence-corrected chi connectivity index (χ2v) is 5.04. The average Bonchev–Trinajstić information content (AvgIpc) is 2.84. The highest BCUT2D eigenvalue weighted by atomic mass is 32.2. The molecule has 1 heterocycles. The standard InChI is InChI=1S/C12H14F2N2OS/c13-12(14)18-10-6-2-1-4-8(10)16-11(17)9-5-3-7-15-9/h1-2,4,6,9,12,15H,3,5,7H2,(H,16,17). The molecule has 0 radical (unpaired) electrons. The number of carbonyl (C=O) groups excluding carboxylic acids is 1. The van der Waals surface area contributed by atoms with Crippen LogP contribution in [0.3, 0.4) is 0 Å². The molecule has 6 heteroatoms. The number of alkyl halides is 2. The predicted molar refractivity (Wildman–Crippen MR) is 68.0 cm³/mol. The van der Waals surface area contributed by atoms with Crippen LogP contribution in [0.25, 0.3) is 0 Å². The molecule has 1 saturated heterocycles. The molecule has 1 aliphatic heterocycles. The molecule has 3 nitrogen and oxygen atoms in total. The lowest BCUT2D eigenvalue weighted by Crippen LogP contribution is -2.35. The van der Waals surface area contributed by atoms with Crippen molar-refractivity contribution >= 4 is 23.4 Å². The highest BCUT2D eigenvalue weighted by molar-refractivity contribution is 7.99. The number of nitrogens with one attached hydrogen (secondary N) is 2. The minimum Gasteiger partial charge on any atom is -0.324 e. The van der Waals surface area contributed by atoms with Gasteiger partial charge in [0, 0.05) is 4.90 Å². The summed E-state index contributed by atoms with van der Waals surface area (Å²) in [6.07, 6.45) is 1.75. The van der Waals surface area contributed by atoms with Crippen molar-refractivity contribution in [2.75, 3.05) is 11.9 Å². The number of amides is 1. The maximum atomic E-state index is 12.4. The quantitative estimate of drug-likeness (QED) is 0.828. The van der Waals surface area contributed by atoms with Gasteiger partial charge < -0.3 is 10.6 Å². The van der Waals surface area contributed by atoms with Gasteiger partial charge in [-0.3, -0.25) is 4.79 Å². The van der Waals surface area contributed by atoms with Crippen LogP contribution in [0.1, 0.15) is 12.8 Å². The van der Waals surface area contributed by atoms with Crippen LogP contribution in [0, 0.1) is 0 Å². The van der Waals surface area contributed by atoms with E-state index in [2.05, 4.69) is 10.6 Å². The first-order valence-corrected chi connectivity index (χ1v) is 6.63. The molecule has 1 amide bonds. The summed E-state index contributed by atoms with van der Waals surface area (Å²) in [6, 6.07) is 6.39. The first-order chi connectivity index (χ1) is 8.66. The number of carbonyl (C=O) groups is 1. The number of thioether (sulfide) groups is 1. The highest BCUT2D eigenvalue weighted by Crippen LogP contribution is 2.31. The Labute approximate surface area is 108 Å². The minimum absolute atomic E-state index is 0.158. The maximum absolute atomic E-state index is 12.4. The fourth-order valence-corrected chi connectivity index (χ4v) is 2.49. The highest BCUT2D eigenvalue weighted by Gasteiger charge is 2.22.